The molecule has 3 rings (SSSR count). The number of fused-ring (bicyclic) bond motifs is 2. The summed E-state index contributed by atoms with van der Waals surface area (Å²) in [5, 5.41) is 6.15. The molecule has 2 aromatic carbocycles. The number of pyridine rings is 1. The zero-order chi connectivity index (χ0) is 19.6. The van der Waals surface area contributed by atoms with E-state index < -0.39 is 0 Å². The Morgan fingerprint density at radius 2 is 1.83 bits per heavy atom. The molecule has 0 amide bonds. The number of nitrogens with two attached hydrogens (primary N) is 1. The SMILES string of the molecule is CCC(N)Nc1c(OC)ccc2nc3cc(Cl)ccc3c(C(CC)CCl)c12.Cl.Cl. The highest BCUT2D eigenvalue weighted by Crippen LogP contribution is 2.42. The number of benzene rings is 2. The van der Waals surface area contributed by atoms with E-state index in [4.69, 9.17) is 38.7 Å². The number of nitrogens with one attached hydrogen (secondary N) is 1. The molecule has 1 aromatic heterocycles. The molecule has 160 valence electrons. The van der Waals surface area contributed by atoms with E-state index in [9.17, 15) is 0 Å². The first-order valence-corrected chi connectivity index (χ1v) is 10.1. The van der Waals surface area contributed by atoms with Crippen molar-refractivity contribution in [2.75, 3.05) is 18.3 Å². The lowest BCUT2D eigenvalue weighted by Gasteiger charge is -2.23. The van der Waals surface area contributed by atoms with E-state index in [1.807, 2.05) is 37.3 Å². The van der Waals surface area contributed by atoms with Gasteiger partial charge in [-0.2, -0.15) is 0 Å². The number of hydrogen-bond donors (Lipinski definition) is 2. The van der Waals surface area contributed by atoms with Gasteiger partial charge in [0.2, 0.25) is 0 Å². The predicted octanol–water partition coefficient (Wildman–Crippen LogP) is 6.73. The number of anilines is 1. The lowest BCUT2D eigenvalue weighted by atomic mass is 9.90. The maximum atomic E-state index is 6.37. The van der Waals surface area contributed by atoms with Gasteiger partial charge in [0.15, 0.2) is 0 Å². The number of halogens is 4. The van der Waals surface area contributed by atoms with Gasteiger partial charge in [-0.25, -0.2) is 4.98 Å². The van der Waals surface area contributed by atoms with Gasteiger partial charge in [0.1, 0.15) is 5.75 Å². The summed E-state index contributed by atoms with van der Waals surface area (Å²) in [6, 6.07) is 9.71. The molecule has 0 aliphatic heterocycles. The Morgan fingerprint density at radius 1 is 1.10 bits per heavy atom. The van der Waals surface area contributed by atoms with Crippen LogP contribution in [0.3, 0.4) is 0 Å². The Kier molecular flexibility index (Phi) is 10.1. The van der Waals surface area contributed by atoms with Gasteiger partial charge >= 0.3 is 0 Å². The first-order chi connectivity index (χ1) is 13.0. The highest BCUT2D eigenvalue weighted by molar-refractivity contribution is 6.31. The van der Waals surface area contributed by atoms with Crippen molar-refractivity contribution in [1.82, 2.24) is 4.98 Å². The molecule has 29 heavy (non-hydrogen) atoms. The Hall–Kier alpha value is -1.17. The molecule has 0 bridgehead atoms. The smallest absolute Gasteiger partial charge is 0.142 e. The van der Waals surface area contributed by atoms with Gasteiger partial charge in [-0.1, -0.05) is 31.5 Å². The average Bonchev–Trinajstić information content (AvgIpc) is 2.68. The van der Waals surface area contributed by atoms with Crippen LogP contribution in [0.4, 0.5) is 5.69 Å². The maximum Gasteiger partial charge on any atom is 0.142 e. The first kappa shape index (κ1) is 25.9. The quantitative estimate of drug-likeness (QED) is 0.224. The lowest BCUT2D eigenvalue weighted by Crippen LogP contribution is -2.28. The lowest BCUT2D eigenvalue weighted by molar-refractivity contribution is 0.416. The third-order valence-electron chi connectivity index (χ3n) is 4.98. The minimum Gasteiger partial charge on any atom is -0.495 e. The number of aromatic nitrogens is 1. The summed E-state index contributed by atoms with van der Waals surface area (Å²) in [4.78, 5) is 4.86. The fraction of sp³-hybridized carbons (Fsp3) is 0.381. The van der Waals surface area contributed by atoms with Crippen LogP contribution in [0.5, 0.6) is 5.75 Å². The van der Waals surface area contributed by atoms with E-state index in [1.54, 1.807) is 7.11 Å². The van der Waals surface area contributed by atoms with Crippen molar-refractivity contribution in [1.29, 1.82) is 0 Å². The largest absolute Gasteiger partial charge is 0.495 e. The van der Waals surface area contributed by atoms with Crippen molar-refractivity contribution >= 4 is 75.5 Å². The van der Waals surface area contributed by atoms with Crippen molar-refractivity contribution < 1.29 is 4.74 Å². The second kappa shape index (κ2) is 11.3. The molecule has 0 spiro atoms. The monoisotopic (exact) mass is 477 g/mol. The maximum absolute atomic E-state index is 6.37. The topological polar surface area (TPSA) is 60.2 Å². The standard InChI is InChI=1S/C21H25Cl2N3O.2ClH/c1-4-12(11-22)19-14-7-6-13(23)10-16(14)25-15-8-9-17(27-3)21(20(15)19)26-18(24)5-2;;/h6-10,12,18,26H,4-5,11,24H2,1-3H3;2*1H. The molecule has 2 unspecified atom stereocenters. The zero-order valence-electron chi connectivity index (χ0n) is 16.7. The molecule has 0 saturated heterocycles. The molecule has 3 aromatic rings. The van der Waals surface area contributed by atoms with Crippen LogP contribution >= 0.6 is 48.0 Å². The normalized spacial score (nSPS) is 12.8. The number of rotatable bonds is 7. The van der Waals surface area contributed by atoms with E-state index in [0.717, 1.165) is 51.6 Å². The molecule has 1 heterocycles. The van der Waals surface area contributed by atoms with Gasteiger partial charge in [-0.3, -0.25) is 0 Å². The van der Waals surface area contributed by atoms with Crippen LogP contribution in [0.2, 0.25) is 5.02 Å². The Labute approximate surface area is 194 Å². The third-order valence-corrected chi connectivity index (χ3v) is 5.59. The highest BCUT2D eigenvalue weighted by Gasteiger charge is 2.22. The zero-order valence-corrected chi connectivity index (χ0v) is 19.8. The first-order valence-electron chi connectivity index (χ1n) is 9.21. The van der Waals surface area contributed by atoms with Crippen LogP contribution in [0.25, 0.3) is 21.8 Å². The summed E-state index contributed by atoms with van der Waals surface area (Å²) in [7, 11) is 1.66. The van der Waals surface area contributed by atoms with E-state index in [2.05, 4.69) is 12.2 Å². The molecular weight excluding hydrogens is 452 g/mol. The van der Waals surface area contributed by atoms with Crippen LogP contribution in [0, 0.1) is 0 Å². The van der Waals surface area contributed by atoms with Crippen molar-refractivity contribution in [2.45, 2.75) is 38.8 Å². The number of methoxy groups -OCH3 is 1. The van der Waals surface area contributed by atoms with E-state index in [-0.39, 0.29) is 36.9 Å². The molecule has 8 heteroatoms. The summed E-state index contributed by atoms with van der Waals surface area (Å²) in [5.41, 5.74) is 9.98. The number of ether oxygens (including phenoxy) is 1. The van der Waals surface area contributed by atoms with Crippen LogP contribution in [-0.2, 0) is 0 Å². The van der Waals surface area contributed by atoms with Crippen molar-refractivity contribution in [3.05, 3.63) is 40.9 Å². The number of alkyl halides is 1. The molecular formula is C21H27Cl4N3O. The predicted molar refractivity (Wildman–Crippen MR) is 131 cm³/mol. The van der Waals surface area contributed by atoms with Crippen LogP contribution < -0.4 is 15.8 Å². The average molecular weight is 479 g/mol. The molecule has 0 aliphatic carbocycles. The minimum absolute atomic E-state index is 0. The molecule has 0 fully saturated rings. The third kappa shape index (κ3) is 5.12. The summed E-state index contributed by atoms with van der Waals surface area (Å²) < 4.78 is 5.63. The van der Waals surface area contributed by atoms with Gasteiger partial charge in [0.25, 0.3) is 0 Å². The minimum atomic E-state index is -0.186. The molecule has 2 atom stereocenters. The second-order valence-corrected chi connectivity index (χ2v) is 7.39. The summed E-state index contributed by atoms with van der Waals surface area (Å²) in [6.07, 6.45) is 1.52. The molecule has 4 nitrogen and oxygen atoms in total. The van der Waals surface area contributed by atoms with Gasteiger partial charge in [-0.05, 0) is 48.6 Å². The summed E-state index contributed by atoms with van der Waals surface area (Å²) in [6.45, 7) is 4.19. The van der Waals surface area contributed by atoms with E-state index >= 15 is 0 Å². The van der Waals surface area contributed by atoms with Crippen LogP contribution in [0.15, 0.2) is 30.3 Å². The fourth-order valence-electron chi connectivity index (χ4n) is 3.44. The molecule has 0 saturated carbocycles. The van der Waals surface area contributed by atoms with E-state index in [0.29, 0.717) is 10.9 Å². The summed E-state index contributed by atoms with van der Waals surface area (Å²) >= 11 is 12.6. The van der Waals surface area contributed by atoms with Crippen LogP contribution in [-0.4, -0.2) is 24.1 Å². The van der Waals surface area contributed by atoms with Crippen molar-refractivity contribution in [3.8, 4) is 5.75 Å². The Morgan fingerprint density at radius 3 is 2.41 bits per heavy atom. The van der Waals surface area contributed by atoms with Crippen LogP contribution in [0.1, 0.15) is 38.2 Å². The number of hydrogen-bond acceptors (Lipinski definition) is 4. The van der Waals surface area contributed by atoms with Crippen molar-refractivity contribution in [3.63, 3.8) is 0 Å². The summed E-state index contributed by atoms with van der Waals surface area (Å²) in [5.74, 6) is 1.43. The molecule has 0 aliphatic rings. The van der Waals surface area contributed by atoms with Gasteiger partial charge < -0.3 is 15.8 Å². The fourth-order valence-corrected chi connectivity index (χ4v) is 3.98. The highest BCUT2D eigenvalue weighted by atomic mass is 35.5. The molecule has 0 radical (unpaired) electrons. The Bertz CT molecular complexity index is 964. The van der Waals surface area contributed by atoms with E-state index in [1.165, 1.54) is 0 Å². The van der Waals surface area contributed by atoms with Gasteiger partial charge in [0, 0.05) is 21.7 Å². The van der Waals surface area contributed by atoms with Gasteiger partial charge in [0.05, 0.1) is 30.0 Å². The van der Waals surface area contributed by atoms with Crippen molar-refractivity contribution in [2.24, 2.45) is 5.73 Å². The Balaban J connectivity index is 0.00000210. The number of nitrogens with zero attached hydrogens (tertiary/aromatic N) is 1. The molecule has 3 N–H and O–H groups in total. The second-order valence-electron chi connectivity index (χ2n) is 6.64. The van der Waals surface area contributed by atoms with Gasteiger partial charge in [-0.15, -0.1) is 36.4 Å².